The van der Waals surface area contributed by atoms with E-state index in [9.17, 15) is 9.59 Å². The number of thioether (sulfide) groups is 1. The molecule has 1 heterocycles. The summed E-state index contributed by atoms with van der Waals surface area (Å²) in [4.78, 5) is 31.8. The van der Waals surface area contributed by atoms with Gasteiger partial charge in [-0.3, -0.25) is 9.59 Å². The van der Waals surface area contributed by atoms with E-state index in [0.29, 0.717) is 28.9 Å². The first-order chi connectivity index (χ1) is 19.5. The fourth-order valence-corrected chi connectivity index (χ4v) is 7.29. The van der Waals surface area contributed by atoms with Gasteiger partial charge in [0.05, 0.1) is 4.91 Å². The van der Waals surface area contributed by atoms with E-state index >= 15 is 0 Å². The van der Waals surface area contributed by atoms with Crippen molar-refractivity contribution in [3.8, 4) is 0 Å². The van der Waals surface area contributed by atoms with Crippen molar-refractivity contribution in [2.45, 2.75) is 83.1 Å². The average Bonchev–Trinajstić information content (AvgIpc) is 2.96. The van der Waals surface area contributed by atoms with Crippen molar-refractivity contribution in [2.24, 2.45) is 0 Å². The largest absolute Gasteiger partial charge is 0.351 e. The molecule has 2 amide bonds. The second-order valence-corrected chi connectivity index (χ2v) is 12.7. The summed E-state index contributed by atoms with van der Waals surface area (Å²) in [5.74, 6) is 0.0386. The molecule has 1 saturated heterocycles. The number of carbonyl (C=O) groups excluding carboxylic acids is 2. The Balaban J connectivity index is 1.39. The number of halogens is 1. The van der Waals surface area contributed by atoms with Gasteiger partial charge in [0, 0.05) is 41.5 Å². The van der Waals surface area contributed by atoms with Crippen LogP contribution >= 0.6 is 23.4 Å². The van der Waals surface area contributed by atoms with Crippen molar-refractivity contribution in [1.82, 2.24) is 15.1 Å². The highest BCUT2D eigenvalue weighted by Crippen LogP contribution is 2.42. The summed E-state index contributed by atoms with van der Waals surface area (Å²) in [6.45, 7) is 8.70. The molecule has 0 spiro atoms. The van der Waals surface area contributed by atoms with Crippen LogP contribution in [0.1, 0.15) is 86.7 Å². The van der Waals surface area contributed by atoms with Crippen molar-refractivity contribution in [2.75, 3.05) is 26.2 Å². The van der Waals surface area contributed by atoms with E-state index < -0.39 is 0 Å². The molecule has 5 nitrogen and oxygen atoms in total. The summed E-state index contributed by atoms with van der Waals surface area (Å²) < 4.78 is 0. The number of rotatable bonds is 13. The maximum absolute atomic E-state index is 13.7. The normalized spacial score (nSPS) is 20.1. The first-order valence-corrected chi connectivity index (χ1v) is 16.3. The third kappa shape index (κ3) is 8.61. The Kier molecular flexibility index (Phi) is 12.0. The zero-order valence-corrected chi connectivity index (χ0v) is 25.6. The zero-order valence-electron chi connectivity index (χ0n) is 24.0. The van der Waals surface area contributed by atoms with Crippen LogP contribution < -0.4 is 5.32 Å². The quantitative estimate of drug-likeness (QED) is 0.250. The Morgan fingerprint density at radius 1 is 1.05 bits per heavy atom. The van der Waals surface area contributed by atoms with Crippen LogP contribution in [0.2, 0.25) is 5.02 Å². The third-order valence-electron chi connectivity index (χ3n) is 7.90. The minimum Gasteiger partial charge on any atom is -0.351 e. The molecule has 4 rings (SSSR count). The Bertz CT molecular complexity index is 1140. The van der Waals surface area contributed by atoms with Gasteiger partial charge in [-0.1, -0.05) is 75.4 Å². The molecule has 216 valence electrons. The molecule has 1 aliphatic carbocycles. The highest BCUT2D eigenvalue weighted by atomic mass is 35.5. The molecular weight excluding hydrogens is 538 g/mol. The molecule has 7 heteroatoms. The summed E-state index contributed by atoms with van der Waals surface area (Å²) in [5.41, 5.74) is 2.65. The maximum atomic E-state index is 13.7. The van der Waals surface area contributed by atoms with Gasteiger partial charge in [0.15, 0.2) is 0 Å². The van der Waals surface area contributed by atoms with Gasteiger partial charge < -0.3 is 15.1 Å². The second kappa shape index (κ2) is 15.6. The lowest BCUT2D eigenvalue weighted by Crippen LogP contribution is -2.50. The van der Waals surface area contributed by atoms with E-state index in [1.165, 1.54) is 38.5 Å². The Morgan fingerprint density at radius 3 is 2.48 bits per heavy atom. The van der Waals surface area contributed by atoms with Gasteiger partial charge in [0.1, 0.15) is 0 Å². The molecule has 0 radical (unpaired) electrons. The van der Waals surface area contributed by atoms with E-state index in [1.807, 2.05) is 54.6 Å². The summed E-state index contributed by atoms with van der Waals surface area (Å²) in [6, 6.07) is 15.7. The summed E-state index contributed by atoms with van der Waals surface area (Å²) in [7, 11) is 0. The maximum Gasteiger partial charge on any atom is 0.260 e. The minimum atomic E-state index is -0.0500. The van der Waals surface area contributed by atoms with E-state index in [1.54, 1.807) is 11.8 Å². The van der Waals surface area contributed by atoms with Gasteiger partial charge in [-0.25, -0.2) is 0 Å². The van der Waals surface area contributed by atoms with E-state index in [0.717, 1.165) is 48.5 Å². The van der Waals surface area contributed by atoms with Crippen LogP contribution in [0.4, 0.5) is 0 Å². The number of hydrogen-bond acceptors (Lipinski definition) is 4. The fourth-order valence-electron chi connectivity index (χ4n) is 5.60. The molecule has 2 fully saturated rings. The van der Waals surface area contributed by atoms with Crippen LogP contribution in [0.15, 0.2) is 53.4 Å². The number of unbranched alkanes of at least 4 members (excludes halogenated alkanes) is 2. The molecule has 2 aliphatic rings. The van der Waals surface area contributed by atoms with Gasteiger partial charge in [0.2, 0.25) is 0 Å². The van der Waals surface area contributed by atoms with Crippen LogP contribution in [0.3, 0.4) is 0 Å². The van der Waals surface area contributed by atoms with Crippen LogP contribution in [0.5, 0.6) is 0 Å². The Labute approximate surface area is 249 Å². The second-order valence-electron chi connectivity index (χ2n) is 11.0. The van der Waals surface area contributed by atoms with Gasteiger partial charge in [0.25, 0.3) is 11.8 Å². The predicted molar refractivity (Wildman–Crippen MR) is 169 cm³/mol. The molecule has 40 heavy (non-hydrogen) atoms. The minimum absolute atomic E-state index is 0.0500. The van der Waals surface area contributed by atoms with Crippen molar-refractivity contribution < 1.29 is 9.59 Å². The molecule has 2 aromatic rings. The number of amides is 2. The van der Waals surface area contributed by atoms with Gasteiger partial charge in [-0.05, 0) is 80.2 Å². The molecule has 2 aromatic carbocycles. The molecule has 0 aromatic heterocycles. The summed E-state index contributed by atoms with van der Waals surface area (Å²) >= 11 is 7.97. The highest BCUT2D eigenvalue weighted by Gasteiger charge is 2.40. The van der Waals surface area contributed by atoms with Crippen molar-refractivity contribution in [3.63, 3.8) is 0 Å². The van der Waals surface area contributed by atoms with Gasteiger partial charge >= 0.3 is 0 Å². The molecular formula is C33H44ClN3O2S. The van der Waals surface area contributed by atoms with E-state index in [-0.39, 0.29) is 17.9 Å². The van der Waals surface area contributed by atoms with Crippen LogP contribution in [-0.2, 0) is 11.3 Å². The third-order valence-corrected chi connectivity index (χ3v) is 9.53. The fraction of sp³-hybridized carbons (Fsp3) is 0.515. The van der Waals surface area contributed by atoms with E-state index in [4.69, 9.17) is 11.6 Å². The first kappa shape index (κ1) is 30.7. The molecule has 2 unspecified atom stereocenters. The Hall–Kier alpha value is -2.28. The van der Waals surface area contributed by atoms with Crippen LogP contribution in [-0.4, -0.2) is 59.1 Å². The first-order valence-electron chi connectivity index (χ1n) is 15.0. The lowest BCUT2D eigenvalue weighted by atomic mass is 9.92. The number of carbonyl (C=O) groups is 2. The lowest BCUT2D eigenvalue weighted by Gasteiger charge is -2.44. The van der Waals surface area contributed by atoms with E-state index in [2.05, 4.69) is 29.0 Å². The van der Waals surface area contributed by atoms with Crippen LogP contribution in [0, 0.1) is 0 Å². The number of hydrogen-bond donors (Lipinski definition) is 1. The molecule has 1 saturated carbocycles. The number of nitrogens with one attached hydrogen (secondary N) is 1. The number of nitrogens with zero attached hydrogens (tertiary/aromatic N) is 2. The zero-order chi connectivity index (χ0) is 28.3. The topological polar surface area (TPSA) is 52.7 Å². The van der Waals surface area contributed by atoms with Crippen molar-refractivity contribution in [3.05, 3.63) is 75.1 Å². The van der Waals surface area contributed by atoms with Crippen molar-refractivity contribution in [1.29, 1.82) is 0 Å². The van der Waals surface area contributed by atoms with Crippen LogP contribution in [0.25, 0.3) is 6.08 Å². The lowest BCUT2D eigenvalue weighted by molar-refractivity contribution is -0.130. The monoisotopic (exact) mass is 581 g/mol. The highest BCUT2D eigenvalue weighted by molar-refractivity contribution is 8.04. The van der Waals surface area contributed by atoms with Gasteiger partial charge in [-0.15, -0.1) is 11.8 Å². The Morgan fingerprint density at radius 2 is 1.77 bits per heavy atom. The molecule has 2 atom stereocenters. The number of benzene rings is 2. The summed E-state index contributed by atoms with van der Waals surface area (Å²) in [6.07, 6.45) is 11.3. The molecule has 1 N–H and O–H groups in total. The smallest absolute Gasteiger partial charge is 0.260 e. The SMILES string of the molecule is CCCCN(CCCC)CCNC(=O)c1ccc(/C=C2/SC3CCCCC3N(Cc3cccc(Cl)c3)C2=O)cc1. The standard InChI is InChI=1S/C33H44ClN3O2S/c1-3-5-19-36(20-6-4-2)21-18-35-32(38)27-16-14-25(15-17-27)23-31-33(39)37(24-26-10-9-11-28(34)22-26)29-12-7-8-13-30(29)40-31/h9-11,14-17,22-23,29-30H,3-8,12-13,18-21,24H2,1-2H3,(H,35,38)/b31-23+. The predicted octanol–water partition coefficient (Wildman–Crippen LogP) is 7.40. The van der Waals surface area contributed by atoms with Gasteiger partial charge in [-0.2, -0.15) is 0 Å². The molecule has 1 aliphatic heterocycles. The van der Waals surface area contributed by atoms with Crippen molar-refractivity contribution >= 4 is 41.3 Å². The average molecular weight is 582 g/mol. The summed E-state index contributed by atoms with van der Waals surface area (Å²) in [5, 5.41) is 4.19. The number of fused-ring (bicyclic) bond motifs is 1. The molecule has 0 bridgehead atoms.